The van der Waals surface area contributed by atoms with Gasteiger partial charge in [0, 0.05) is 11.6 Å². The second-order valence-corrected chi connectivity index (χ2v) is 7.27. The standard InChI is InChI=1S/C19H26ClNO2.ClH/c20-17-8-6-16(7-9-17)19(10-2-3-11-19)18(22)23-15-14-21-12-4-1-5-13-21;/h6-9H,1-5,10-15H2;1H. The third-order valence-electron chi connectivity index (χ3n) is 5.33. The zero-order chi connectivity index (χ0) is 16.1. The Morgan fingerprint density at radius 2 is 1.67 bits per heavy atom. The number of halogens is 2. The van der Waals surface area contributed by atoms with Crippen LogP contribution in [0.5, 0.6) is 0 Å². The van der Waals surface area contributed by atoms with Gasteiger partial charge in [0.2, 0.25) is 0 Å². The largest absolute Gasteiger partial charge is 0.464 e. The molecule has 1 saturated carbocycles. The number of ether oxygens (including phenoxy) is 1. The molecule has 1 aliphatic heterocycles. The molecule has 0 spiro atoms. The van der Waals surface area contributed by atoms with E-state index in [2.05, 4.69) is 4.90 Å². The Morgan fingerprint density at radius 3 is 2.29 bits per heavy atom. The number of nitrogens with zero attached hydrogens (tertiary/aromatic N) is 1. The van der Waals surface area contributed by atoms with Crippen LogP contribution in [-0.2, 0) is 14.9 Å². The first kappa shape index (κ1) is 19.6. The molecule has 1 aliphatic carbocycles. The summed E-state index contributed by atoms with van der Waals surface area (Å²) in [5.74, 6) is -0.0469. The number of carbonyl (C=O) groups excluding carboxylic acids is 1. The van der Waals surface area contributed by atoms with Crippen LogP contribution in [0.15, 0.2) is 24.3 Å². The van der Waals surface area contributed by atoms with Gasteiger partial charge in [-0.15, -0.1) is 12.4 Å². The maximum Gasteiger partial charge on any atom is 0.316 e. The summed E-state index contributed by atoms with van der Waals surface area (Å²) in [7, 11) is 0. The van der Waals surface area contributed by atoms with Crippen molar-refractivity contribution in [3.63, 3.8) is 0 Å². The van der Waals surface area contributed by atoms with Crippen molar-refractivity contribution in [2.24, 2.45) is 0 Å². The van der Waals surface area contributed by atoms with Gasteiger partial charge in [0.15, 0.2) is 0 Å². The molecule has 0 atom stereocenters. The minimum absolute atomic E-state index is 0. The second-order valence-electron chi connectivity index (χ2n) is 6.83. The van der Waals surface area contributed by atoms with Crippen LogP contribution in [0, 0.1) is 0 Å². The monoisotopic (exact) mass is 371 g/mol. The molecule has 1 heterocycles. The summed E-state index contributed by atoms with van der Waals surface area (Å²) in [6.07, 6.45) is 7.81. The predicted molar refractivity (Wildman–Crippen MR) is 100 cm³/mol. The van der Waals surface area contributed by atoms with Gasteiger partial charge in [-0.1, -0.05) is 43.0 Å². The molecule has 3 rings (SSSR count). The first-order valence-electron chi connectivity index (χ1n) is 8.86. The Kier molecular flexibility index (Phi) is 7.39. The molecule has 24 heavy (non-hydrogen) atoms. The maximum absolute atomic E-state index is 12.8. The average molecular weight is 372 g/mol. The van der Waals surface area contributed by atoms with E-state index in [1.165, 1.54) is 19.3 Å². The summed E-state index contributed by atoms with van der Waals surface area (Å²) in [5, 5.41) is 0.709. The van der Waals surface area contributed by atoms with E-state index in [4.69, 9.17) is 16.3 Å². The van der Waals surface area contributed by atoms with Crippen molar-refractivity contribution in [1.29, 1.82) is 0 Å². The highest BCUT2D eigenvalue weighted by Gasteiger charge is 2.44. The molecule has 2 fully saturated rings. The van der Waals surface area contributed by atoms with Gasteiger partial charge in [-0.05, 0) is 56.5 Å². The molecular formula is C19H27Cl2NO2. The van der Waals surface area contributed by atoms with Crippen LogP contribution >= 0.6 is 24.0 Å². The van der Waals surface area contributed by atoms with Gasteiger partial charge >= 0.3 is 5.97 Å². The lowest BCUT2D eigenvalue weighted by molar-refractivity contribution is -0.151. The molecule has 2 aliphatic rings. The molecule has 0 amide bonds. The lowest BCUT2D eigenvalue weighted by Crippen LogP contribution is -2.38. The number of esters is 1. The molecule has 3 nitrogen and oxygen atoms in total. The van der Waals surface area contributed by atoms with E-state index in [1.807, 2.05) is 24.3 Å². The fourth-order valence-corrected chi connectivity index (χ4v) is 4.07. The molecule has 0 N–H and O–H groups in total. The molecule has 134 valence electrons. The van der Waals surface area contributed by atoms with Crippen LogP contribution in [0.25, 0.3) is 0 Å². The van der Waals surface area contributed by atoms with Gasteiger partial charge in [0.25, 0.3) is 0 Å². The third kappa shape index (κ3) is 4.44. The SMILES string of the molecule is Cl.O=C(OCCN1CCCCC1)C1(c2ccc(Cl)cc2)CCCC1. The molecule has 0 unspecified atom stereocenters. The van der Waals surface area contributed by atoms with Crippen molar-refractivity contribution >= 4 is 30.0 Å². The Bertz CT molecular complexity index is 521. The molecule has 0 aromatic heterocycles. The Balaban J connectivity index is 0.00000208. The molecular weight excluding hydrogens is 345 g/mol. The topological polar surface area (TPSA) is 29.5 Å². The average Bonchev–Trinajstić information content (AvgIpc) is 3.07. The van der Waals surface area contributed by atoms with E-state index >= 15 is 0 Å². The number of hydrogen-bond acceptors (Lipinski definition) is 3. The zero-order valence-corrected chi connectivity index (χ0v) is 15.7. The van der Waals surface area contributed by atoms with Gasteiger partial charge in [0.1, 0.15) is 6.61 Å². The van der Waals surface area contributed by atoms with Crippen LogP contribution in [0.4, 0.5) is 0 Å². The summed E-state index contributed by atoms with van der Waals surface area (Å²) in [5.41, 5.74) is 0.606. The van der Waals surface area contributed by atoms with Crippen molar-refractivity contribution in [3.05, 3.63) is 34.9 Å². The first-order valence-corrected chi connectivity index (χ1v) is 9.24. The number of likely N-dealkylation sites (tertiary alicyclic amines) is 1. The second kappa shape index (κ2) is 9.07. The van der Waals surface area contributed by atoms with E-state index in [9.17, 15) is 4.79 Å². The lowest BCUT2D eigenvalue weighted by atomic mass is 9.79. The molecule has 1 saturated heterocycles. The van der Waals surface area contributed by atoms with Gasteiger partial charge in [0.05, 0.1) is 5.41 Å². The number of carbonyl (C=O) groups is 1. The fraction of sp³-hybridized carbons (Fsp3) is 0.632. The first-order chi connectivity index (χ1) is 11.2. The van der Waals surface area contributed by atoms with Crippen molar-refractivity contribution in [2.45, 2.75) is 50.4 Å². The van der Waals surface area contributed by atoms with Crippen LogP contribution in [0.2, 0.25) is 5.02 Å². The van der Waals surface area contributed by atoms with E-state index in [0.29, 0.717) is 11.6 Å². The summed E-state index contributed by atoms with van der Waals surface area (Å²) in [4.78, 5) is 15.2. The number of rotatable bonds is 5. The fourth-order valence-electron chi connectivity index (χ4n) is 3.95. The maximum atomic E-state index is 12.8. The van der Waals surface area contributed by atoms with E-state index in [1.54, 1.807) is 0 Å². The van der Waals surface area contributed by atoms with E-state index < -0.39 is 5.41 Å². The minimum atomic E-state index is -0.452. The molecule has 1 aromatic carbocycles. The quantitative estimate of drug-likeness (QED) is 0.708. The number of piperidine rings is 1. The van der Waals surface area contributed by atoms with E-state index in [0.717, 1.165) is 50.9 Å². The van der Waals surface area contributed by atoms with Crippen molar-refractivity contribution in [2.75, 3.05) is 26.2 Å². The zero-order valence-electron chi connectivity index (χ0n) is 14.1. The molecule has 0 bridgehead atoms. The van der Waals surface area contributed by atoms with Gasteiger partial charge < -0.3 is 4.74 Å². The van der Waals surface area contributed by atoms with Gasteiger partial charge in [-0.25, -0.2) is 0 Å². The van der Waals surface area contributed by atoms with Gasteiger partial charge in [-0.3, -0.25) is 9.69 Å². The Morgan fingerprint density at radius 1 is 1.04 bits per heavy atom. The predicted octanol–water partition coefficient (Wildman–Crippen LogP) is 4.60. The number of hydrogen-bond donors (Lipinski definition) is 0. The smallest absolute Gasteiger partial charge is 0.316 e. The minimum Gasteiger partial charge on any atom is -0.464 e. The van der Waals surface area contributed by atoms with Crippen LogP contribution < -0.4 is 0 Å². The van der Waals surface area contributed by atoms with Crippen molar-refractivity contribution in [1.82, 2.24) is 4.90 Å². The normalized spacial score (nSPS) is 20.4. The highest BCUT2D eigenvalue weighted by Crippen LogP contribution is 2.42. The summed E-state index contributed by atoms with van der Waals surface area (Å²) in [6, 6.07) is 7.72. The molecule has 0 radical (unpaired) electrons. The molecule has 5 heteroatoms. The summed E-state index contributed by atoms with van der Waals surface area (Å²) < 4.78 is 5.70. The Labute approximate surface area is 156 Å². The molecule has 1 aromatic rings. The number of benzene rings is 1. The Hall–Kier alpha value is -0.770. The highest BCUT2D eigenvalue weighted by atomic mass is 35.5. The van der Waals surface area contributed by atoms with Gasteiger partial charge in [-0.2, -0.15) is 0 Å². The highest BCUT2D eigenvalue weighted by molar-refractivity contribution is 6.30. The summed E-state index contributed by atoms with van der Waals surface area (Å²) >= 11 is 5.99. The summed E-state index contributed by atoms with van der Waals surface area (Å²) in [6.45, 7) is 3.65. The van der Waals surface area contributed by atoms with Crippen molar-refractivity contribution < 1.29 is 9.53 Å². The third-order valence-corrected chi connectivity index (χ3v) is 5.59. The van der Waals surface area contributed by atoms with Crippen LogP contribution in [0.1, 0.15) is 50.5 Å². The van der Waals surface area contributed by atoms with E-state index in [-0.39, 0.29) is 18.4 Å². The van der Waals surface area contributed by atoms with Crippen LogP contribution in [0.3, 0.4) is 0 Å². The lowest BCUT2D eigenvalue weighted by Gasteiger charge is -2.29. The van der Waals surface area contributed by atoms with Crippen LogP contribution in [-0.4, -0.2) is 37.1 Å². The van der Waals surface area contributed by atoms with Crippen molar-refractivity contribution in [3.8, 4) is 0 Å².